The predicted octanol–water partition coefficient (Wildman–Crippen LogP) is 2.90. The van der Waals surface area contributed by atoms with Crippen molar-refractivity contribution in [1.29, 1.82) is 0 Å². The number of rotatable bonds is 2. The molecular formula is C14H16ClN3O. The fourth-order valence-corrected chi connectivity index (χ4v) is 2.68. The molecule has 4 nitrogen and oxygen atoms in total. The van der Waals surface area contributed by atoms with Crippen LogP contribution in [0.1, 0.15) is 13.3 Å². The Kier molecular flexibility index (Phi) is 3.53. The van der Waals surface area contributed by atoms with Crippen LogP contribution in [0.2, 0.25) is 5.02 Å². The van der Waals surface area contributed by atoms with E-state index in [0.717, 1.165) is 42.9 Å². The summed E-state index contributed by atoms with van der Waals surface area (Å²) in [6, 6.07) is 6.14. The zero-order valence-electron chi connectivity index (χ0n) is 10.8. The Morgan fingerprint density at radius 2 is 2.32 bits per heavy atom. The van der Waals surface area contributed by atoms with E-state index < -0.39 is 0 Å². The lowest BCUT2D eigenvalue weighted by Gasteiger charge is -2.36. The lowest BCUT2D eigenvalue weighted by atomic mass is 10.1. The third-order valence-electron chi connectivity index (χ3n) is 3.55. The molecule has 1 unspecified atom stereocenters. The molecule has 1 saturated heterocycles. The van der Waals surface area contributed by atoms with Crippen LogP contribution in [0.4, 0.5) is 5.82 Å². The van der Waals surface area contributed by atoms with Gasteiger partial charge in [0.1, 0.15) is 12.1 Å². The van der Waals surface area contributed by atoms with Crippen molar-refractivity contribution in [2.24, 2.45) is 0 Å². The Morgan fingerprint density at radius 1 is 1.42 bits per heavy atom. The summed E-state index contributed by atoms with van der Waals surface area (Å²) in [5.74, 6) is 0.983. The zero-order chi connectivity index (χ0) is 13.2. The molecule has 19 heavy (non-hydrogen) atoms. The first kappa shape index (κ1) is 12.6. The number of hydrogen-bond acceptors (Lipinski definition) is 4. The van der Waals surface area contributed by atoms with Crippen molar-refractivity contribution in [2.75, 3.05) is 24.7 Å². The summed E-state index contributed by atoms with van der Waals surface area (Å²) in [7, 11) is 0. The van der Waals surface area contributed by atoms with Gasteiger partial charge in [-0.3, -0.25) is 0 Å². The first-order valence-electron chi connectivity index (χ1n) is 6.54. The average molecular weight is 278 g/mol. The molecule has 0 N–H and O–H groups in total. The lowest BCUT2D eigenvalue weighted by molar-refractivity contribution is 0.0927. The number of anilines is 1. The SMILES string of the molecule is CCC1COCCN1c1ncnc2cc(Cl)ccc12. The molecule has 0 radical (unpaired) electrons. The summed E-state index contributed by atoms with van der Waals surface area (Å²) < 4.78 is 5.55. The van der Waals surface area contributed by atoms with Crippen LogP contribution < -0.4 is 4.90 Å². The van der Waals surface area contributed by atoms with Gasteiger partial charge in [0.15, 0.2) is 0 Å². The highest BCUT2D eigenvalue weighted by Crippen LogP contribution is 2.28. The summed E-state index contributed by atoms with van der Waals surface area (Å²) >= 11 is 6.02. The third kappa shape index (κ3) is 2.38. The number of hydrogen-bond donors (Lipinski definition) is 0. The van der Waals surface area contributed by atoms with Crippen LogP contribution in [-0.4, -0.2) is 35.8 Å². The topological polar surface area (TPSA) is 38.2 Å². The molecule has 0 bridgehead atoms. The molecular weight excluding hydrogens is 262 g/mol. The third-order valence-corrected chi connectivity index (χ3v) is 3.78. The molecule has 3 rings (SSSR count). The highest BCUT2D eigenvalue weighted by molar-refractivity contribution is 6.31. The van der Waals surface area contributed by atoms with Gasteiger partial charge in [-0.25, -0.2) is 9.97 Å². The molecule has 100 valence electrons. The zero-order valence-corrected chi connectivity index (χ0v) is 11.6. The van der Waals surface area contributed by atoms with Crippen molar-refractivity contribution >= 4 is 28.3 Å². The van der Waals surface area contributed by atoms with Gasteiger partial charge in [0, 0.05) is 17.0 Å². The fraction of sp³-hybridized carbons (Fsp3) is 0.429. The molecule has 0 aliphatic carbocycles. The van der Waals surface area contributed by atoms with Crippen molar-refractivity contribution in [3.05, 3.63) is 29.5 Å². The normalized spacial score (nSPS) is 19.9. The first-order valence-corrected chi connectivity index (χ1v) is 6.92. The Labute approximate surface area is 117 Å². The summed E-state index contributed by atoms with van der Waals surface area (Å²) in [5.41, 5.74) is 0.888. The van der Waals surface area contributed by atoms with Gasteiger partial charge in [0.2, 0.25) is 0 Å². The molecule has 2 heterocycles. The maximum Gasteiger partial charge on any atom is 0.140 e. The van der Waals surface area contributed by atoms with Crippen LogP contribution in [0.15, 0.2) is 24.5 Å². The summed E-state index contributed by atoms with van der Waals surface area (Å²) in [4.78, 5) is 11.1. The highest BCUT2D eigenvalue weighted by Gasteiger charge is 2.24. The molecule has 1 aliphatic heterocycles. The summed E-state index contributed by atoms with van der Waals surface area (Å²) in [5, 5.41) is 1.75. The van der Waals surface area contributed by atoms with Gasteiger partial charge >= 0.3 is 0 Å². The minimum absolute atomic E-state index is 0.377. The molecule has 0 amide bonds. The van der Waals surface area contributed by atoms with E-state index in [9.17, 15) is 0 Å². The van der Waals surface area contributed by atoms with Gasteiger partial charge in [-0.05, 0) is 24.6 Å². The predicted molar refractivity (Wildman–Crippen MR) is 76.8 cm³/mol. The minimum Gasteiger partial charge on any atom is -0.377 e. The number of fused-ring (bicyclic) bond motifs is 1. The second kappa shape index (κ2) is 5.31. The first-order chi connectivity index (χ1) is 9.29. The molecule has 1 aromatic heterocycles. The standard InChI is InChI=1S/C14H16ClN3O/c1-2-11-8-19-6-5-18(11)14-12-4-3-10(15)7-13(12)16-9-17-14/h3-4,7,9,11H,2,5-6,8H2,1H3. The van der Waals surface area contributed by atoms with Crippen LogP contribution in [0.25, 0.3) is 10.9 Å². The van der Waals surface area contributed by atoms with Crippen LogP contribution in [-0.2, 0) is 4.74 Å². The van der Waals surface area contributed by atoms with Crippen LogP contribution in [0, 0.1) is 0 Å². The quantitative estimate of drug-likeness (QED) is 0.846. The van der Waals surface area contributed by atoms with E-state index in [1.165, 1.54) is 0 Å². The van der Waals surface area contributed by atoms with Crippen LogP contribution in [0.3, 0.4) is 0 Å². The Hall–Kier alpha value is -1.39. The average Bonchev–Trinajstić information content (AvgIpc) is 2.46. The van der Waals surface area contributed by atoms with Crippen LogP contribution in [0.5, 0.6) is 0 Å². The number of benzene rings is 1. The van der Waals surface area contributed by atoms with E-state index in [-0.39, 0.29) is 0 Å². The van der Waals surface area contributed by atoms with Crippen molar-refractivity contribution in [3.8, 4) is 0 Å². The second-order valence-electron chi connectivity index (χ2n) is 4.69. The van der Waals surface area contributed by atoms with Crippen molar-refractivity contribution < 1.29 is 4.74 Å². The molecule has 5 heteroatoms. The van der Waals surface area contributed by atoms with Crippen molar-refractivity contribution in [1.82, 2.24) is 9.97 Å². The Balaban J connectivity index is 2.08. The molecule has 1 aromatic carbocycles. The maximum absolute atomic E-state index is 6.02. The van der Waals surface area contributed by atoms with Gasteiger partial charge in [0.25, 0.3) is 0 Å². The van der Waals surface area contributed by atoms with Gasteiger partial charge in [-0.2, -0.15) is 0 Å². The van der Waals surface area contributed by atoms with Gasteiger partial charge in [0.05, 0.1) is 24.8 Å². The van der Waals surface area contributed by atoms with E-state index >= 15 is 0 Å². The number of ether oxygens (including phenoxy) is 1. The monoisotopic (exact) mass is 277 g/mol. The largest absolute Gasteiger partial charge is 0.377 e. The van der Waals surface area contributed by atoms with E-state index in [0.29, 0.717) is 11.1 Å². The van der Waals surface area contributed by atoms with Crippen molar-refractivity contribution in [3.63, 3.8) is 0 Å². The van der Waals surface area contributed by atoms with E-state index in [4.69, 9.17) is 16.3 Å². The van der Waals surface area contributed by atoms with Gasteiger partial charge in [-0.1, -0.05) is 18.5 Å². The van der Waals surface area contributed by atoms with E-state index in [2.05, 4.69) is 21.8 Å². The molecule has 0 saturated carbocycles. The fourth-order valence-electron chi connectivity index (χ4n) is 2.52. The highest BCUT2D eigenvalue weighted by atomic mass is 35.5. The number of morpholine rings is 1. The lowest BCUT2D eigenvalue weighted by Crippen LogP contribution is -2.45. The van der Waals surface area contributed by atoms with Crippen LogP contribution >= 0.6 is 11.6 Å². The molecule has 1 fully saturated rings. The molecule has 1 atom stereocenters. The number of halogens is 1. The smallest absolute Gasteiger partial charge is 0.140 e. The summed E-state index contributed by atoms with van der Waals surface area (Å²) in [6.07, 6.45) is 2.65. The van der Waals surface area contributed by atoms with Gasteiger partial charge < -0.3 is 9.64 Å². The molecule has 0 spiro atoms. The minimum atomic E-state index is 0.377. The Morgan fingerprint density at radius 3 is 3.16 bits per heavy atom. The van der Waals surface area contributed by atoms with Crippen molar-refractivity contribution in [2.45, 2.75) is 19.4 Å². The Bertz CT molecular complexity index is 590. The number of nitrogens with zero attached hydrogens (tertiary/aromatic N) is 3. The summed E-state index contributed by atoms with van der Waals surface area (Å²) in [6.45, 7) is 4.55. The molecule has 1 aliphatic rings. The van der Waals surface area contributed by atoms with E-state index in [1.54, 1.807) is 6.33 Å². The molecule has 2 aromatic rings. The second-order valence-corrected chi connectivity index (χ2v) is 5.13. The maximum atomic E-state index is 6.02. The number of aromatic nitrogens is 2. The van der Waals surface area contributed by atoms with Gasteiger partial charge in [-0.15, -0.1) is 0 Å². The van der Waals surface area contributed by atoms with E-state index in [1.807, 2.05) is 18.2 Å².